The number of rotatable bonds is 4. The van der Waals surface area contributed by atoms with E-state index in [1.165, 1.54) is 0 Å². The van der Waals surface area contributed by atoms with Gasteiger partial charge in [0.1, 0.15) is 24.2 Å². The second-order valence-electron chi connectivity index (χ2n) is 7.48. The zero-order valence-electron chi connectivity index (χ0n) is 16.1. The van der Waals surface area contributed by atoms with Gasteiger partial charge >= 0.3 is 0 Å². The van der Waals surface area contributed by atoms with Gasteiger partial charge in [-0.05, 0) is 49.1 Å². The average Bonchev–Trinajstić information content (AvgIpc) is 2.77. The van der Waals surface area contributed by atoms with Crippen molar-refractivity contribution >= 4 is 11.7 Å². The molecule has 0 atom stereocenters. The van der Waals surface area contributed by atoms with Crippen LogP contribution in [0.3, 0.4) is 0 Å². The van der Waals surface area contributed by atoms with Crippen molar-refractivity contribution in [2.24, 2.45) is 5.92 Å². The summed E-state index contributed by atoms with van der Waals surface area (Å²) in [5.74, 6) is 1.66. The number of ketones is 1. The molecule has 2 aromatic rings. The first kappa shape index (κ1) is 19.0. The number of para-hydroxylation sites is 1. The van der Waals surface area contributed by atoms with Crippen molar-refractivity contribution in [2.75, 3.05) is 26.3 Å². The van der Waals surface area contributed by atoms with Crippen LogP contribution in [-0.4, -0.2) is 42.9 Å². The van der Waals surface area contributed by atoms with Crippen LogP contribution in [0.1, 0.15) is 34.3 Å². The van der Waals surface area contributed by atoms with Crippen LogP contribution in [0.15, 0.2) is 42.5 Å². The van der Waals surface area contributed by atoms with E-state index in [1.807, 2.05) is 23.1 Å². The summed E-state index contributed by atoms with van der Waals surface area (Å²) in [4.78, 5) is 26.3. The summed E-state index contributed by atoms with van der Waals surface area (Å²) >= 11 is 0. The van der Waals surface area contributed by atoms with Gasteiger partial charge in [-0.1, -0.05) is 12.1 Å². The fraction of sp³-hybridized carbons (Fsp3) is 0.348. The minimum absolute atomic E-state index is 0.0139. The number of carbonyl (C=O) groups is 2. The highest BCUT2D eigenvalue weighted by Crippen LogP contribution is 2.27. The molecule has 2 aliphatic heterocycles. The van der Waals surface area contributed by atoms with Gasteiger partial charge in [-0.3, -0.25) is 9.59 Å². The molecule has 4 rings (SSSR count). The first-order valence-electron chi connectivity index (χ1n) is 9.82. The Morgan fingerprint density at radius 3 is 2.79 bits per heavy atom. The molecule has 2 aromatic carbocycles. The van der Waals surface area contributed by atoms with Gasteiger partial charge in [0.05, 0.1) is 12.2 Å². The Labute approximate surface area is 169 Å². The van der Waals surface area contributed by atoms with Crippen molar-refractivity contribution in [3.8, 4) is 17.6 Å². The predicted octanol–water partition coefficient (Wildman–Crippen LogP) is 2.99. The lowest BCUT2D eigenvalue weighted by Crippen LogP contribution is -2.39. The molecule has 1 amide bonds. The van der Waals surface area contributed by atoms with Crippen molar-refractivity contribution in [1.82, 2.24) is 4.90 Å². The third-order valence-corrected chi connectivity index (χ3v) is 5.47. The van der Waals surface area contributed by atoms with Crippen LogP contribution in [0.2, 0.25) is 0 Å². The Morgan fingerprint density at radius 2 is 2.00 bits per heavy atom. The molecule has 2 aliphatic rings. The lowest BCUT2D eigenvalue weighted by Gasteiger charge is -2.32. The number of likely N-dealkylation sites (tertiary alicyclic amines) is 1. The molecule has 0 N–H and O–H groups in total. The van der Waals surface area contributed by atoms with Gasteiger partial charge in [0.25, 0.3) is 5.91 Å². The molecule has 1 fully saturated rings. The minimum Gasteiger partial charge on any atom is -0.492 e. The fourth-order valence-corrected chi connectivity index (χ4v) is 3.79. The molecular formula is C23H22N2O4. The maximum Gasteiger partial charge on any atom is 0.253 e. The van der Waals surface area contributed by atoms with E-state index in [0.717, 1.165) is 18.4 Å². The average molecular weight is 390 g/mol. The van der Waals surface area contributed by atoms with Crippen LogP contribution in [0.25, 0.3) is 0 Å². The highest BCUT2D eigenvalue weighted by Gasteiger charge is 2.26. The lowest BCUT2D eigenvalue weighted by molar-refractivity contribution is -0.121. The van der Waals surface area contributed by atoms with Gasteiger partial charge in [0.15, 0.2) is 5.78 Å². The number of carbonyl (C=O) groups excluding carboxylic acids is 2. The minimum atomic E-state index is -0.0139. The number of hydrogen-bond donors (Lipinski definition) is 0. The number of ether oxygens (including phenoxy) is 2. The second-order valence-corrected chi connectivity index (χ2v) is 7.48. The summed E-state index contributed by atoms with van der Waals surface area (Å²) in [5, 5.41) is 9.15. The molecule has 0 unspecified atom stereocenters. The van der Waals surface area contributed by atoms with Gasteiger partial charge in [-0.15, -0.1) is 0 Å². The van der Waals surface area contributed by atoms with Crippen LogP contribution in [0, 0.1) is 17.2 Å². The number of Topliss-reactive ketones (excluding diaryl/α,β-unsaturated/α-hetero) is 1. The zero-order chi connectivity index (χ0) is 20.2. The highest BCUT2D eigenvalue weighted by atomic mass is 16.5. The summed E-state index contributed by atoms with van der Waals surface area (Å²) in [6.07, 6.45) is 2.03. The number of nitrogens with zero attached hydrogens (tertiary/aromatic N) is 2. The first-order chi connectivity index (χ1) is 14.1. The molecule has 1 saturated heterocycles. The summed E-state index contributed by atoms with van der Waals surface area (Å²) in [6, 6.07) is 14.7. The predicted molar refractivity (Wildman–Crippen MR) is 106 cm³/mol. The smallest absolute Gasteiger partial charge is 0.253 e. The molecule has 2 heterocycles. The molecule has 6 nitrogen and oxygen atoms in total. The van der Waals surface area contributed by atoms with Gasteiger partial charge in [-0.2, -0.15) is 5.26 Å². The third kappa shape index (κ3) is 4.24. The highest BCUT2D eigenvalue weighted by molar-refractivity contribution is 5.95. The summed E-state index contributed by atoms with van der Waals surface area (Å²) in [6.45, 7) is 1.98. The Morgan fingerprint density at radius 1 is 1.21 bits per heavy atom. The molecule has 0 aliphatic carbocycles. The summed E-state index contributed by atoms with van der Waals surface area (Å²) < 4.78 is 11.2. The molecule has 0 radical (unpaired) electrons. The molecular weight excluding hydrogens is 368 g/mol. The second kappa shape index (κ2) is 8.36. The van der Waals surface area contributed by atoms with E-state index in [4.69, 9.17) is 14.7 Å². The molecule has 0 saturated carbocycles. The van der Waals surface area contributed by atoms with Crippen LogP contribution in [0.5, 0.6) is 11.5 Å². The van der Waals surface area contributed by atoms with Gasteiger partial charge in [0, 0.05) is 30.6 Å². The van der Waals surface area contributed by atoms with Crippen LogP contribution >= 0.6 is 0 Å². The number of fused-ring (bicyclic) bond motifs is 1. The summed E-state index contributed by atoms with van der Waals surface area (Å²) in [7, 11) is 0. The van der Waals surface area contributed by atoms with Crippen molar-refractivity contribution in [1.29, 1.82) is 5.26 Å². The van der Waals surface area contributed by atoms with Gasteiger partial charge in [-0.25, -0.2) is 0 Å². The largest absolute Gasteiger partial charge is 0.492 e. The number of piperidine rings is 1. The van der Waals surface area contributed by atoms with E-state index >= 15 is 0 Å². The van der Waals surface area contributed by atoms with E-state index in [1.54, 1.807) is 24.3 Å². The maximum absolute atomic E-state index is 12.9. The molecule has 0 aromatic heterocycles. The van der Waals surface area contributed by atoms with Gasteiger partial charge in [0.2, 0.25) is 0 Å². The SMILES string of the molecule is N#Cc1ccccc1OCC1CCN(C(=O)c2ccc3c(c2)CC(=O)CO3)CC1. The monoisotopic (exact) mass is 390 g/mol. The fourth-order valence-electron chi connectivity index (χ4n) is 3.79. The molecule has 0 bridgehead atoms. The molecule has 148 valence electrons. The zero-order valence-corrected chi connectivity index (χ0v) is 16.1. The van der Waals surface area contributed by atoms with E-state index in [9.17, 15) is 9.59 Å². The van der Waals surface area contributed by atoms with Crippen molar-refractivity contribution in [3.05, 3.63) is 59.2 Å². The number of hydrogen-bond acceptors (Lipinski definition) is 5. The van der Waals surface area contributed by atoms with E-state index in [2.05, 4.69) is 6.07 Å². The van der Waals surface area contributed by atoms with Crippen molar-refractivity contribution < 1.29 is 19.1 Å². The number of nitriles is 1. The third-order valence-electron chi connectivity index (χ3n) is 5.47. The first-order valence-corrected chi connectivity index (χ1v) is 9.82. The van der Waals surface area contributed by atoms with Crippen LogP contribution in [-0.2, 0) is 11.2 Å². The topological polar surface area (TPSA) is 79.6 Å². The standard InChI is InChI=1S/C23H22N2O4/c24-13-18-3-1-2-4-21(18)28-14-16-7-9-25(10-8-16)23(27)17-5-6-22-19(11-17)12-20(26)15-29-22/h1-6,11,16H,7-10,12,14-15H2. The normalized spacial score (nSPS) is 16.5. The molecule has 0 spiro atoms. The van der Waals surface area contributed by atoms with Crippen molar-refractivity contribution in [2.45, 2.75) is 19.3 Å². The maximum atomic E-state index is 12.9. The Kier molecular flexibility index (Phi) is 5.48. The summed E-state index contributed by atoms with van der Waals surface area (Å²) in [5.41, 5.74) is 1.92. The number of benzene rings is 2. The van der Waals surface area contributed by atoms with Crippen LogP contribution in [0.4, 0.5) is 0 Å². The number of amides is 1. The van der Waals surface area contributed by atoms with Crippen LogP contribution < -0.4 is 9.47 Å². The van der Waals surface area contributed by atoms with E-state index in [0.29, 0.717) is 54.7 Å². The Bertz CT molecular complexity index is 971. The Balaban J connectivity index is 1.33. The molecule has 6 heteroatoms. The van der Waals surface area contributed by atoms with Gasteiger partial charge < -0.3 is 14.4 Å². The van der Waals surface area contributed by atoms with E-state index < -0.39 is 0 Å². The quantitative estimate of drug-likeness (QED) is 0.802. The lowest BCUT2D eigenvalue weighted by atomic mass is 9.96. The Hall–Kier alpha value is -3.33. The van der Waals surface area contributed by atoms with E-state index in [-0.39, 0.29) is 18.3 Å². The molecule has 29 heavy (non-hydrogen) atoms. The van der Waals surface area contributed by atoms with Crippen molar-refractivity contribution in [3.63, 3.8) is 0 Å².